The standard InChI is InChI=1S/C22H33FN4O2/c1-16-11-17(2)14-27(13-16)21(28)15-25-7-9-26(10-8-25)18(3)22(29)24-20-6-4-5-19(23)12-20/h4-6,12,16-18H,7-11,13-15H2,1-3H3,(H,24,29)/t16-,17+,18-/m0/s1. The van der Waals surface area contributed by atoms with Crippen LogP contribution >= 0.6 is 0 Å². The number of nitrogens with zero attached hydrogens (tertiary/aromatic N) is 3. The molecule has 0 bridgehead atoms. The third-order valence-electron chi connectivity index (χ3n) is 6.01. The third kappa shape index (κ3) is 6.00. The summed E-state index contributed by atoms with van der Waals surface area (Å²) >= 11 is 0. The van der Waals surface area contributed by atoms with E-state index < -0.39 is 0 Å². The highest BCUT2D eigenvalue weighted by Crippen LogP contribution is 2.21. The molecule has 0 aromatic heterocycles. The molecule has 0 radical (unpaired) electrons. The topological polar surface area (TPSA) is 55.9 Å². The van der Waals surface area contributed by atoms with Crippen molar-refractivity contribution < 1.29 is 14.0 Å². The summed E-state index contributed by atoms with van der Waals surface area (Å²) in [5, 5.41) is 2.78. The Morgan fingerprint density at radius 1 is 1.14 bits per heavy atom. The Labute approximate surface area is 173 Å². The van der Waals surface area contributed by atoms with Gasteiger partial charge in [-0.15, -0.1) is 0 Å². The molecule has 2 fully saturated rings. The first-order chi connectivity index (χ1) is 13.8. The van der Waals surface area contributed by atoms with E-state index >= 15 is 0 Å². The molecular formula is C22H33FN4O2. The quantitative estimate of drug-likeness (QED) is 0.818. The molecule has 1 aromatic carbocycles. The number of benzene rings is 1. The van der Waals surface area contributed by atoms with Gasteiger partial charge in [-0.05, 0) is 43.4 Å². The van der Waals surface area contributed by atoms with Crippen molar-refractivity contribution >= 4 is 17.5 Å². The van der Waals surface area contributed by atoms with Crippen LogP contribution in [0, 0.1) is 17.7 Å². The lowest BCUT2D eigenvalue weighted by atomic mass is 9.92. The fourth-order valence-corrected chi connectivity index (χ4v) is 4.45. The Bertz CT molecular complexity index is 711. The molecule has 7 heteroatoms. The molecule has 160 valence electrons. The highest BCUT2D eigenvalue weighted by Gasteiger charge is 2.29. The molecule has 1 aromatic rings. The highest BCUT2D eigenvalue weighted by molar-refractivity contribution is 5.94. The molecule has 0 aliphatic carbocycles. The van der Waals surface area contributed by atoms with Crippen LogP contribution in [-0.4, -0.2) is 78.4 Å². The molecule has 3 rings (SSSR count). The van der Waals surface area contributed by atoms with Gasteiger partial charge in [0, 0.05) is 45.0 Å². The Morgan fingerprint density at radius 2 is 1.79 bits per heavy atom. The molecule has 6 nitrogen and oxygen atoms in total. The third-order valence-corrected chi connectivity index (χ3v) is 6.01. The van der Waals surface area contributed by atoms with Crippen molar-refractivity contribution in [3.8, 4) is 0 Å². The van der Waals surface area contributed by atoms with Gasteiger partial charge in [-0.2, -0.15) is 0 Å². The van der Waals surface area contributed by atoms with Gasteiger partial charge in [-0.3, -0.25) is 19.4 Å². The van der Waals surface area contributed by atoms with E-state index in [0.717, 1.165) is 39.3 Å². The van der Waals surface area contributed by atoms with Gasteiger partial charge < -0.3 is 10.2 Å². The van der Waals surface area contributed by atoms with E-state index in [0.29, 0.717) is 24.1 Å². The monoisotopic (exact) mass is 404 g/mol. The number of anilines is 1. The van der Waals surface area contributed by atoms with E-state index in [9.17, 15) is 14.0 Å². The predicted octanol–water partition coefficient (Wildman–Crippen LogP) is 2.27. The van der Waals surface area contributed by atoms with Crippen LogP contribution in [0.5, 0.6) is 0 Å². The summed E-state index contributed by atoms with van der Waals surface area (Å²) in [4.78, 5) is 31.5. The molecule has 0 saturated carbocycles. The van der Waals surface area contributed by atoms with Crippen molar-refractivity contribution in [2.75, 3.05) is 51.1 Å². The summed E-state index contributed by atoms with van der Waals surface area (Å²) in [6.45, 7) is 11.5. The minimum Gasteiger partial charge on any atom is -0.341 e. The van der Waals surface area contributed by atoms with E-state index in [2.05, 4.69) is 29.0 Å². The van der Waals surface area contributed by atoms with Crippen LogP contribution in [0.25, 0.3) is 0 Å². The lowest BCUT2D eigenvalue weighted by molar-refractivity contribution is -0.136. The molecule has 2 heterocycles. The molecule has 3 atom stereocenters. The van der Waals surface area contributed by atoms with Crippen molar-refractivity contribution in [1.29, 1.82) is 0 Å². The van der Waals surface area contributed by atoms with Crippen LogP contribution in [0.3, 0.4) is 0 Å². The maximum atomic E-state index is 13.3. The number of piperidine rings is 1. The molecule has 0 spiro atoms. The zero-order valence-corrected chi connectivity index (χ0v) is 17.7. The van der Waals surface area contributed by atoms with Gasteiger partial charge in [0.2, 0.25) is 11.8 Å². The predicted molar refractivity (Wildman–Crippen MR) is 112 cm³/mol. The summed E-state index contributed by atoms with van der Waals surface area (Å²) in [6.07, 6.45) is 1.19. The van der Waals surface area contributed by atoms with Gasteiger partial charge in [0.05, 0.1) is 12.6 Å². The fraction of sp³-hybridized carbons (Fsp3) is 0.636. The summed E-state index contributed by atoms with van der Waals surface area (Å²) in [7, 11) is 0. The number of nitrogens with one attached hydrogen (secondary N) is 1. The molecule has 0 unspecified atom stereocenters. The second kappa shape index (κ2) is 9.67. The molecule has 2 amide bonds. The van der Waals surface area contributed by atoms with E-state index in [1.165, 1.54) is 18.6 Å². The summed E-state index contributed by atoms with van der Waals surface area (Å²) < 4.78 is 13.3. The number of carbonyl (C=O) groups is 2. The van der Waals surface area contributed by atoms with Crippen LogP contribution in [0.15, 0.2) is 24.3 Å². The normalized spacial score (nSPS) is 24.9. The van der Waals surface area contributed by atoms with Crippen molar-refractivity contribution in [3.05, 3.63) is 30.1 Å². The highest BCUT2D eigenvalue weighted by atomic mass is 19.1. The average molecular weight is 405 g/mol. The van der Waals surface area contributed by atoms with E-state index in [1.54, 1.807) is 12.1 Å². The molecule has 1 N–H and O–H groups in total. The maximum absolute atomic E-state index is 13.3. The van der Waals surface area contributed by atoms with Gasteiger partial charge in [0.25, 0.3) is 0 Å². The lowest BCUT2D eigenvalue weighted by Crippen LogP contribution is -2.55. The molecule has 2 saturated heterocycles. The number of carbonyl (C=O) groups excluding carboxylic acids is 2. The first kappa shape index (κ1) is 21.7. The first-order valence-electron chi connectivity index (χ1n) is 10.6. The van der Waals surface area contributed by atoms with Crippen molar-refractivity contribution in [2.24, 2.45) is 11.8 Å². The molecule has 29 heavy (non-hydrogen) atoms. The van der Waals surface area contributed by atoms with Crippen LogP contribution in [0.1, 0.15) is 27.2 Å². The van der Waals surface area contributed by atoms with Crippen LogP contribution in [-0.2, 0) is 9.59 Å². The fourth-order valence-electron chi connectivity index (χ4n) is 4.45. The average Bonchev–Trinajstić information content (AvgIpc) is 2.67. The van der Waals surface area contributed by atoms with Gasteiger partial charge in [-0.1, -0.05) is 19.9 Å². The Kier molecular flexibility index (Phi) is 7.24. The Balaban J connectivity index is 1.44. The van der Waals surface area contributed by atoms with E-state index in [1.807, 2.05) is 11.8 Å². The maximum Gasteiger partial charge on any atom is 0.241 e. The lowest BCUT2D eigenvalue weighted by Gasteiger charge is -2.39. The second-order valence-electron chi connectivity index (χ2n) is 8.73. The number of halogens is 1. The van der Waals surface area contributed by atoms with Crippen molar-refractivity contribution in [3.63, 3.8) is 0 Å². The van der Waals surface area contributed by atoms with Crippen LogP contribution < -0.4 is 5.32 Å². The Morgan fingerprint density at radius 3 is 2.41 bits per heavy atom. The summed E-state index contributed by atoms with van der Waals surface area (Å²) in [5.41, 5.74) is 0.469. The zero-order valence-electron chi connectivity index (χ0n) is 17.7. The summed E-state index contributed by atoms with van der Waals surface area (Å²) in [6, 6.07) is 5.62. The Hall–Kier alpha value is -1.99. The van der Waals surface area contributed by atoms with Gasteiger partial charge in [0.1, 0.15) is 5.82 Å². The molecular weight excluding hydrogens is 371 g/mol. The number of piperazine rings is 1. The molecule has 2 aliphatic heterocycles. The first-order valence-corrected chi connectivity index (χ1v) is 10.6. The summed E-state index contributed by atoms with van der Waals surface area (Å²) in [5.74, 6) is 0.838. The minimum atomic E-state index is -0.369. The number of amides is 2. The van der Waals surface area contributed by atoms with E-state index in [4.69, 9.17) is 0 Å². The SMILES string of the molecule is C[C@@H]1C[C@H](C)CN(C(=O)CN2CCN([C@@H](C)C(=O)Nc3cccc(F)c3)CC2)C1. The number of hydrogen-bond acceptors (Lipinski definition) is 4. The largest absolute Gasteiger partial charge is 0.341 e. The van der Waals surface area contributed by atoms with E-state index in [-0.39, 0.29) is 23.7 Å². The van der Waals surface area contributed by atoms with Crippen molar-refractivity contribution in [1.82, 2.24) is 14.7 Å². The van der Waals surface area contributed by atoms with Gasteiger partial charge in [0.15, 0.2) is 0 Å². The number of rotatable bonds is 5. The zero-order chi connectivity index (χ0) is 21.0. The van der Waals surface area contributed by atoms with Crippen LogP contribution in [0.4, 0.5) is 10.1 Å². The minimum absolute atomic E-state index is 0.142. The second-order valence-corrected chi connectivity index (χ2v) is 8.73. The van der Waals surface area contributed by atoms with Crippen molar-refractivity contribution in [2.45, 2.75) is 33.2 Å². The smallest absolute Gasteiger partial charge is 0.241 e. The number of hydrogen-bond donors (Lipinski definition) is 1. The van der Waals surface area contributed by atoms with Crippen LogP contribution in [0.2, 0.25) is 0 Å². The molecule has 2 aliphatic rings. The van der Waals surface area contributed by atoms with Gasteiger partial charge >= 0.3 is 0 Å². The van der Waals surface area contributed by atoms with Gasteiger partial charge in [-0.25, -0.2) is 4.39 Å². The number of likely N-dealkylation sites (tertiary alicyclic amines) is 1.